The fraction of sp³-hybridized carbons (Fsp3) is 0.344. The highest BCUT2D eigenvalue weighted by atomic mass is 127. The summed E-state index contributed by atoms with van der Waals surface area (Å²) in [6.45, 7) is 16.0. The Kier molecular flexibility index (Phi) is 34.9. The summed E-state index contributed by atoms with van der Waals surface area (Å²) in [5.74, 6) is -1.39. The number of H-pyrrole nitrogens is 2. The van der Waals surface area contributed by atoms with Crippen LogP contribution in [0.25, 0.3) is 77.9 Å². The van der Waals surface area contributed by atoms with Gasteiger partial charge in [-0.05, 0) is 280 Å². The monoisotopic (exact) mass is 2060 g/mol. The molecule has 0 radical (unpaired) electrons. The van der Waals surface area contributed by atoms with Crippen molar-refractivity contribution in [3.8, 4) is 22.7 Å². The molecule has 42 heteroatoms. The average molecular weight is 2060 g/mol. The van der Waals surface area contributed by atoms with Crippen LogP contribution in [0.1, 0.15) is 106 Å². The third-order valence-electron chi connectivity index (χ3n) is 22.5. The maximum absolute atomic E-state index is 13.2. The first-order valence-corrected chi connectivity index (χ1v) is 45.7. The number of alkyl halides is 3. The van der Waals surface area contributed by atoms with Gasteiger partial charge in [0.15, 0.2) is 16.9 Å². The Bertz CT molecular complexity index is 6750. The Morgan fingerprint density at radius 1 is 0.493 bits per heavy atom. The third kappa shape index (κ3) is 29.0. The van der Waals surface area contributed by atoms with Gasteiger partial charge in [0.05, 0.1) is 69.8 Å². The first-order valence-electron chi connectivity index (χ1n) is 43.9. The van der Waals surface area contributed by atoms with Gasteiger partial charge in [-0.15, -0.1) is 0 Å². The fourth-order valence-electron chi connectivity index (χ4n) is 15.0. The van der Waals surface area contributed by atoms with Crippen molar-refractivity contribution in [1.29, 1.82) is 0 Å². The van der Waals surface area contributed by atoms with E-state index < -0.39 is 41.0 Å². The predicted octanol–water partition coefficient (Wildman–Crippen LogP) is 16.4. The molecule has 0 bridgehead atoms. The topological polar surface area (TPSA) is 396 Å². The van der Waals surface area contributed by atoms with Crippen molar-refractivity contribution in [2.75, 3.05) is 45.9 Å². The second kappa shape index (κ2) is 46.2. The number of amides is 2. The number of hydrogen-bond donors (Lipinski definition) is 7. The maximum atomic E-state index is 13.2. The summed E-state index contributed by atoms with van der Waals surface area (Å²) in [5.41, 5.74) is 13.8. The normalized spacial score (nSPS) is 16.3. The molecule has 20 rings (SSSR count). The van der Waals surface area contributed by atoms with Crippen LogP contribution in [0.4, 0.5) is 44.7 Å². The van der Waals surface area contributed by atoms with Crippen LogP contribution >= 0.6 is 45.8 Å². The third-order valence-corrected chi connectivity index (χ3v) is 23.8. The number of carbonyl (C=O) groups excluding carboxylic acids is 3. The van der Waals surface area contributed by atoms with Gasteiger partial charge in [0, 0.05) is 95.6 Å². The molecule has 1 saturated carbocycles. The highest BCUT2D eigenvalue weighted by Gasteiger charge is 2.48. The number of carbonyl (C=O) groups is 3. The summed E-state index contributed by atoms with van der Waals surface area (Å²) in [6.07, 6.45) is 18.2. The van der Waals surface area contributed by atoms with E-state index in [2.05, 4.69) is 72.8 Å². The predicted molar refractivity (Wildman–Crippen MR) is 515 cm³/mol. The number of nitrogens with two attached hydrogens (primary N) is 2. The minimum Gasteiger partial charge on any atom is -0.444 e. The molecule has 9 N–H and O–H groups in total. The van der Waals surface area contributed by atoms with E-state index in [-0.39, 0.29) is 82.6 Å². The molecule has 15 aromatic rings. The van der Waals surface area contributed by atoms with Crippen molar-refractivity contribution in [2.45, 2.75) is 165 Å². The number of nitrogens with one attached hydrogen (secondary N) is 3. The zero-order valence-corrected chi connectivity index (χ0v) is 79.6. The number of fused-ring (bicyclic) bond motifs is 5. The van der Waals surface area contributed by atoms with Crippen LogP contribution < -0.4 is 33.5 Å². The lowest BCUT2D eigenvalue weighted by Gasteiger charge is -2.38. The number of rotatable bonds is 8. The minimum absolute atomic E-state index is 0.0820. The van der Waals surface area contributed by atoms with Crippen LogP contribution in [0.5, 0.6) is 0 Å². The summed E-state index contributed by atoms with van der Waals surface area (Å²) < 4.78 is 122. The maximum Gasteiger partial charge on any atom is 0.446 e. The van der Waals surface area contributed by atoms with Gasteiger partial charge in [-0.25, -0.2) is 66.4 Å². The molecule has 2 atom stereocenters. The molecular formula is C96H103Cl2F8IN20O11. The molecule has 1 spiro atoms. The molecule has 0 unspecified atom stereocenters. The lowest BCUT2D eigenvalue weighted by Crippen LogP contribution is -2.50. The highest BCUT2D eigenvalue weighted by Crippen LogP contribution is 2.38. The molecule has 2 amide bonds. The zero-order valence-electron chi connectivity index (χ0n) is 76.0. The summed E-state index contributed by atoms with van der Waals surface area (Å²) in [5, 5.41) is 28.9. The van der Waals surface area contributed by atoms with E-state index in [1.807, 2.05) is 64.4 Å². The number of likely N-dealkylation sites (tertiary alicyclic amines) is 2. The minimum atomic E-state index is -4.64. The summed E-state index contributed by atoms with van der Waals surface area (Å²) >= 11 is 13.8. The van der Waals surface area contributed by atoms with E-state index >= 15 is 0 Å². The van der Waals surface area contributed by atoms with Crippen LogP contribution in [0.2, 0.25) is 10.3 Å². The first-order chi connectivity index (χ1) is 65.5. The van der Waals surface area contributed by atoms with E-state index in [9.17, 15) is 69.3 Å². The van der Waals surface area contributed by atoms with Gasteiger partial charge in [-0.2, -0.15) is 13.2 Å². The SMILES string of the molecule is CC(C)(C)OC(=O)N1CCC(O)(Cn2cnc3c(ccn3-c3ccc(F)cc3)c2=O)CC1.CC(C)(C)OC(=O)N1CCC2(CC1)CO2.Clc1ncnc2[nH]ccc12.Fc1ccc(-n2ccc3c(Cl)ncnc32)cc1.Fc1ccc(I)cc1.N[C@H]1CCCC[C@@H]1N.O=CC(F)(F)F.O=c1[nH]cnc2c1ccn2-c1ccc(F)cc1.O=c1c2ccn(-c3ccc(F)cc3)c2ncn1CC1(O)CCNCC1. The number of benzene rings is 5. The molecule has 4 saturated heterocycles. The highest BCUT2D eigenvalue weighted by molar-refractivity contribution is 14.1. The molecule has 5 aliphatic rings. The van der Waals surface area contributed by atoms with Crippen LogP contribution in [0, 0.1) is 32.7 Å². The van der Waals surface area contributed by atoms with Crippen LogP contribution in [-0.2, 0) is 32.1 Å². The van der Waals surface area contributed by atoms with Crippen molar-refractivity contribution >= 4 is 119 Å². The molecule has 14 heterocycles. The van der Waals surface area contributed by atoms with Gasteiger partial charge in [-0.1, -0.05) is 36.0 Å². The molecule has 10 aromatic heterocycles. The fourth-order valence-corrected chi connectivity index (χ4v) is 15.8. The van der Waals surface area contributed by atoms with Gasteiger partial charge >= 0.3 is 18.4 Å². The molecule has 5 aromatic carbocycles. The van der Waals surface area contributed by atoms with Gasteiger partial charge in [0.1, 0.15) is 87.2 Å². The van der Waals surface area contributed by atoms with Gasteiger partial charge < -0.3 is 79.2 Å². The summed E-state index contributed by atoms with van der Waals surface area (Å²) in [4.78, 5) is 108. The lowest BCUT2D eigenvalue weighted by atomic mass is 9.91. The largest absolute Gasteiger partial charge is 0.446 e. The molecule has 1 aliphatic carbocycles. The smallest absolute Gasteiger partial charge is 0.444 e. The Morgan fingerprint density at radius 2 is 0.848 bits per heavy atom. The standard InChI is InChI=1S/C23H27FN4O4.C18H19FN4O2.C12H7ClFN3.C12H8FN3O.C11H19NO3.C6H4ClN3.C6H4FI.C6H14N2.C2HF3O/c1-22(2,3)32-21(30)26-12-9-23(31,10-13-26)14-27-15-25-19-18(20(27)29)8-11-28(19)17-6-4-16(24)5-7-17;19-13-1-3-14(4-2-13)23-10-5-15-16(23)21-12-22(17(15)24)11-18(25)6-8-20-9-7-18;13-11-10-5-6-17(12(10)16-7-15-11)9-3-1-8(14)2-4-9;13-8-1-3-9(4-2-8)16-6-5-10-11(16)14-7-15-12(10)17;1-10(2,3)15-9(13)12-6-4-11(5-7-12)8-14-11;7-5-4-1-2-8-6(4)10-3-9-5;7-5-1-3-6(8)4-2-5;7-5-3-1-2-4-6(5)8;3-2(4,5)1-6/h4-8,11,15,31H,9-10,12-14H2,1-3H3;1-5,10,12,20,25H,6-9,11H2;1-7H;1-7H,(H,14,15,17);4-8H2,1-3H3;1-3H,(H,8,9,10);1-4H;5-6H,1-4,7-8H2;1H/t;;;;;;;5-,6-;/m.......0./s1. The molecule has 730 valence electrons. The van der Waals surface area contributed by atoms with Crippen molar-refractivity contribution < 1.29 is 73.9 Å². The van der Waals surface area contributed by atoms with Crippen molar-refractivity contribution in [3.63, 3.8) is 0 Å². The summed E-state index contributed by atoms with van der Waals surface area (Å²) in [6, 6.07) is 39.8. The van der Waals surface area contributed by atoms with E-state index in [1.165, 1.54) is 114 Å². The quantitative estimate of drug-likeness (QED) is 0.0244. The Balaban J connectivity index is 0.000000145. The van der Waals surface area contributed by atoms with Gasteiger partial charge in [-0.3, -0.25) is 28.3 Å². The number of aldehydes is 1. The van der Waals surface area contributed by atoms with Crippen molar-refractivity contribution in [1.82, 2.24) is 87.4 Å². The second-order valence-corrected chi connectivity index (χ2v) is 37.0. The number of nitrogens with zero attached hydrogens (tertiary/aromatic N) is 15. The number of aromatic amines is 2. The van der Waals surface area contributed by atoms with Crippen LogP contribution in [0.15, 0.2) is 229 Å². The average Bonchev–Trinajstić information content (AvgIpc) is 1.55. The van der Waals surface area contributed by atoms with Crippen molar-refractivity contribution in [2.24, 2.45) is 11.5 Å². The Labute approximate surface area is 809 Å². The van der Waals surface area contributed by atoms with Gasteiger partial charge in [0.25, 0.3) is 16.7 Å². The second-order valence-electron chi connectivity index (χ2n) is 35.1. The van der Waals surface area contributed by atoms with Gasteiger partial charge in [0.2, 0.25) is 6.29 Å². The molecule has 138 heavy (non-hydrogen) atoms. The Morgan fingerprint density at radius 3 is 1.22 bits per heavy atom. The lowest BCUT2D eigenvalue weighted by molar-refractivity contribution is -0.156. The van der Waals surface area contributed by atoms with Crippen molar-refractivity contribution in [3.05, 3.63) is 288 Å². The van der Waals surface area contributed by atoms with E-state index in [0.717, 1.165) is 95.5 Å². The number of ether oxygens (including phenoxy) is 3. The number of aliphatic hydroxyl groups is 2. The zero-order chi connectivity index (χ0) is 99.4. The van der Waals surface area contributed by atoms with E-state index in [1.54, 1.807) is 127 Å². The Hall–Kier alpha value is -12.7. The number of hydrogen-bond acceptors (Lipinski definition) is 21. The summed E-state index contributed by atoms with van der Waals surface area (Å²) in [7, 11) is 0. The van der Waals surface area contributed by atoms with Crippen LogP contribution in [0.3, 0.4) is 0 Å². The first kappa shape index (κ1) is 104. The number of epoxide rings is 1. The van der Waals surface area contributed by atoms with E-state index in [4.69, 9.17) is 53.7 Å². The number of piperidine rings is 3. The van der Waals surface area contributed by atoms with E-state index in [0.29, 0.717) is 93.5 Å². The molecular weight excluding hydrogens is 1960 g/mol. The molecule has 31 nitrogen and oxygen atoms in total. The van der Waals surface area contributed by atoms with Crippen LogP contribution in [-0.4, -0.2) is 203 Å². The molecule has 5 fully saturated rings. The number of halogens is 11. The molecule has 4 aliphatic heterocycles. The number of aromatic nitrogens is 15.